The number of aromatic nitrogens is 3. The van der Waals surface area contributed by atoms with Crippen LogP contribution in [0.25, 0.3) is 28.0 Å². The van der Waals surface area contributed by atoms with E-state index in [1.54, 1.807) is 31.3 Å². The number of rotatable bonds is 15. The highest BCUT2D eigenvalue weighted by atomic mass is 35.5. The van der Waals surface area contributed by atoms with Gasteiger partial charge < -0.3 is 21.6 Å². The molecular formula is C33H43ClFN7O2. The number of aliphatic hydroxyl groups is 1. The molecule has 0 saturated heterocycles. The van der Waals surface area contributed by atoms with Crippen LogP contribution in [0.4, 0.5) is 4.39 Å². The third kappa shape index (κ3) is 8.32. The second kappa shape index (κ2) is 15.4. The number of aliphatic hydroxyl groups excluding tert-OH is 1. The topological polar surface area (TPSA) is 139 Å². The van der Waals surface area contributed by atoms with Crippen molar-refractivity contribution >= 4 is 28.5 Å². The van der Waals surface area contributed by atoms with Crippen LogP contribution in [-0.2, 0) is 6.42 Å². The molecule has 0 aliphatic rings. The van der Waals surface area contributed by atoms with Gasteiger partial charge in [0.1, 0.15) is 5.65 Å². The summed E-state index contributed by atoms with van der Waals surface area (Å²) < 4.78 is 16.7. The molecule has 9 nitrogen and oxygen atoms in total. The van der Waals surface area contributed by atoms with Gasteiger partial charge in [0.05, 0.1) is 28.8 Å². The number of fused-ring (bicyclic) bond motifs is 1. The van der Waals surface area contributed by atoms with E-state index >= 15 is 4.39 Å². The molecule has 236 valence electrons. The minimum absolute atomic E-state index is 0.0152. The summed E-state index contributed by atoms with van der Waals surface area (Å²) in [5.41, 5.74) is 14.9. The van der Waals surface area contributed by atoms with Crippen molar-refractivity contribution in [2.75, 3.05) is 26.7 Å². The highest BCUT2D eigenvalue weighted by Crippen LogP contribution is 2.32. The molecule has 0 spiro atoms. The minimum atomic E-state index is -0.548. The molecule has 4 aromatic rings. The van der Waals surface area contributed by atoms with Gasteiger partial charge in [-0.05, 0) is 87.5 Å². The Kier molecular flexibility index (Phi) is 11.7. The molecule has 0 aliphatic heterocycles. The number of nitrogens with zero attached hydrogens (tertiary/aromatic N) is 4. The second-order valence-corrected chi connectivity index (χ2v) is 11.8. The first-order valence-corrected chi connectivity index (χ1v) is 15.5. The van der Waals surface area contributed by atoms with Gasteiger partial charge in [-0.3, -0.25) is 14.5 Å². The normalized spacial score (nSPS) is 13.6. The molecule has 0 saturated carbocycles. The Morgan fingerprint density at radius 2 is 1.95 bits per heavy atom. The predicted molar refractivity (Wildman–Crippen MR) is 177 cm³/mol. The van der Waals surface area contributed by atoms with Crippen LogP contribution >= 0.6 is 11.6 Å². The van der Waals surface area contributed by atoms with E-state index in [1.165, 1.54) is 10.1 Å². The number of halogens is 2. The third-order valence-corrected chi connectivity index (χ3v) is 8.12. The zero-order valence-corrected chi connectivity index (χ0v) is 26.4. The SMILES string of the molecule is CCCC(c1ccc(-n2cc3cc(-c4cc(CCCC(N)CO)cc(Cl)c4F)[nH]c3nc2=O)cc1)N(C)CCCN=C(C)N. The fourth-order valence-electron chi connectivity index (χ4n) is 5.47. The molecule has 2 aromatic carbocycles. The molecule has 4 rings (SSSR count). The average Bonchev–Trinajstić information content (AvgIpc) is 3.41. The van der Waals surface area contributed by atoms with Crippen molar-refractivity contribution in [2.24, 2.45) is 16.5 Å². The molecule has 0 fully saturated rings. The molecule has 2 atom stereocenters. The van der Waals surface area contributed by atoms with Gasteiger partial charge in [0, 0.05) is 42.3 Å². The van der Waals surface area contributed by atoms with Crippen LogP contribution in [0.1, 0.15) is 63.1 Å². The van der Waals surface area contributed by atoms with Gasteiger partial charge in [-0.15, -0.1) is 0 Å². The van der Waals surface area contributed by atoms with Gasteiger partial charge in [0.25, 0.3) is 0 Å². The molecule has 0 aliphatic carbocycles. The van der Waals surface area contributed by atoms with Crippen molar-refractivity contribution in [3.05, 3.63) is 81.1 Å². The lowest BCUT2D eigenvalue weighted by Crippen LogP contribution is -2.26. The summed E-state index contributed by atoms with van der Waals surface area (Å²) in [7, 11) is 2.12. The molecule has 0 amide bonds. The average molecular weight is 624 g/mol. The summed E-state index contributed by atoms with van der Waals surface area (Å²) in [6.45, 7) is 5.50. The van der Waals surface area contributed by atoms with Crippen LogP contribution < -0.4 is 17.2 Å². The van der Waals surface area contributed by atoms with E-state index in [9.17, 15) is 4.79 Å². The van der Waals surface area contributed by atoms with E-state index in [2.05, 4.69) is 46.0 Å². The zero-order valence-electron chi connectivity index (χ0n) is 25.7. The largest absolute Gasteiger partial charge is 0.395 e. The Bertz CT molecular complexity index is 1630. The first-order chi connectivity index (χ1) is 21.1. The van der Waals surface area contributed by atoms with Gasteiger partial charge in [-0.1, -0.05) is 37.1 Å². The van der Waals surface area contributed by atoms with Crippen LogP contribution in [0.15, 0.2) is 58.4 Å². The number of benzene rings is 2. The van der Waals surface area contributed by atoms with E-state index in [0.717, 1.165) is 37.8 Å². The fraction of sp³-hybridized carbons (Fsp3) is 0.424. The number of H-pyrrole nitrogens is 1. The molecule has 0 bridgehead atoms. The fourth-order valence-corrected chi connectivity index (χ4v) is 5.72. The maximum Gasteiger partial charge on any atom is 0.354 e. The van der Waals surface area contributed by atoms with E-state index in [0.29, 0.717) is 53.2 Å². The highest BCUT2D eigenvalue weighted by molar-refractivity contribution is 6.31. The summed E-state index contributed by atoms with van der Waals surface area (Å²) in [6.07, 6.45) is 6.70. The first kappa shape index (κ1) is 33.3. The summed E-state index contributed by atoms with van der Waals surface area (Å²) in [6, 6.07) is 13.1. The molecule has 0 radical (unpaired) electrons. The molecule has 2 heterocycles. The van der Waals surface area contributed by atoms with Crippen LogP contribution in [0, 0.1) is 5.82 Å². The Labute approximate surface area is 262 Å². The summed E-state index contributed by atoms with van der Waals surface area (Å²) in [5.74, 6) is 0.0544. The minimum Gasteiger partial charge on any atom is -0.395 e. The van der Waals surface area contributed by atoms with Gasteiger partial charge in [0.2, 0.25) is 0 Å². The molecule has 2 unspecified atom stereocenters. The third-order valence-electron chi connectivity index (χ3n) is 7.84. The van der Waals surface area contributed by atoms with Crippen LogP contribution in [0.3, 0.4) is 0 Å². The smallest absolute Gasteiger partial charge is 0.354 e. The maximum atomic E-state index is 15.2. The number of hydrogen-bond acceptors (Lipinski definition) is 6. The maximum absolute atomic E-state index is 15.2. The van der Waals surface area contributed by atoms with Gasteiger partial charge in [-0.25, -0.2) is 9.18 Å². The Balaban J connectivity index is 1.57. The van der Waals surface area contributed by atoms with Gasteiger partial charge >= 0.3 is 5.69 Å². The molecule has 11 heteroatoms. The monoisotopic (exact) mass is 623 g/mol. The van der Waals surface area contributed by atoms with Crippen molar-refractivity contribution in [3.63, 3.8) is 0 Å². The standard InChI is InChI=1S/C33H43ClFN7O2/c1-4-7-30(41(3)15-6-14-38-21(2)36)23-10-12-26(13-11-23)42-19-24-18-29(39-32(24)40-33(42)44)27-16-22(17-28(34)31(27)35)8-5-9-25(37)20-43/h10-13,16-19,25,30,43H,4-9,14-15,20,37H2,1-3H3,(H2,36,38)(H,39,40,44). The lowest BCUT2D eigenvalue weighted by Gasteiger charge is -2.28. The van der Waals surface area contributed by atoms with E-state index < -0.39 is 11.5 Å². The molecular weight excluding hydrogens is 581 g/mol. The van der Waals surface area contributed by atoms with Crippen molar-refractivity contribution in [1.82, 2.24) is 19.4 Å². The number of aromatic amines is 1. The number of aryl methyl sites for hydroxylation is 1. The van der Waals surface area contributed by atoms with Crippen molar-refractivity contribution in [2.45, 2.75) is 64.5 Å². The Morgan fingerprint density at radius 3 is 2.64 bits per heavy atom. The predicted octanol–water partition coefficient (Wildman–Crippen LogP) is 5.36. The van der Waals surface area contributed by atoms with Crippen molar-refractivity contribution < 1.29 is 9.50 Å². The molecule has 6 N–H and O–H groups in total. The van der Waals surface area contributed by atoms with Gasteiger partial charge in [-0.2, -0.15) is 4.98 Å². The summed E-state index contributed by atoms with van der Waals surface area (Å²) in [4.78, 5) is 27.0. The Morgan fingerprint density at radius 1 is 1.20 bits per heavy atom. The highest BCUT2D eigenvalue weighted by Gasteiger charge is 2.18. The summed E-state index contributed by atoms with van der Waals surface area (Å²) in [5, 5.41) is 9.85. The number of nitrogens with two attached hydrogens (primary N) is 2. The zero-order chi connectivity index (χ0) is 31.8. The van der Waals surface area contributed by atoms with Crippen molar-refractivity contribution in [1.29, 1.82) is 0 Å². The number of amidine groups is 1. The second-order valence-electron chi connectivity index (χ2n) is 11.4. The lowest BCUT2D eigenvalue weighted by atomic mass is 10.0. The van der Waals surface area contributed by atoms with E-state index in [-0.39, 0.29) is 23.7 Å². The van der Waals surface area contributed by atoms with Crippen LogP contribution in [0.5, 0.6) is 0 Å². The van der Waals surface area contributed by atoms with E-state index in [1.807, 2.05) is 12.1 Å². The lowest BCUT2D eigenvalue weighted by molar-refractivity contribution is 0.230. The number of aliphatic imine (C=N–C) groups is 1. The molecule has 44 heavy (non-hydrogen) atoms. The van der Waals surface area contributed by atoms with Crippen LogP contribution in [0.2, 0.25) is 5.02 Å². The quantitative estimate of drug-likeness (QED) is 0.0799. The van der Waals surface area contributed by atoms with Crippen molar-refractivity contribution in [3.8, 4) is 16.9 Å². The number of hydrogen-bond donors (Lipinski definition) is 4. The van der Waals surface area contributed by atoms with Crippen LogP contribution in [-0.4, -0.2) is 63.2 Å². The Hall–Kier alpha value is -3.57. The van der Waals surface area contributed by atoms with Gasteiger partial charge in [0.15, 0.2) is 5.82 Å². The van der Waals surface area contributed by atoms with E-state index in [4.69, 9.17) is 28.2 Å². The number of nitrogens with one attached hydrogen (secondary N) is 1. The molecule has 2 aromatic heterocycles. The summed E-state index contributed by atoms with van der Waals surface area (Å²) >= 11 is 6.25. The first-order valence-electron chi connectivity index (χ1n) is 15.2.